The van der Waals surface area contributed by atoms with E-state index in [4.69, 9.17) is 0 Å². The number of nitriles is 1. The minimum Gasteiger partial charge on any atom is -0.506 e. The fraction of sp³-hybridized carbons (Fsp3) is 0. The largest absolute Gasteiger partial charge is 0.506 e. The first-order valence-electron chi connectivity index (χ1n) is 5.97. The number of nitro benzene ring substituents is 1. The predicted molar refractivity (Wildman–Crippen MR) is 90.1 cm³/mol. The van der Waals surface area contributed by atoms with E-state index in [1.54, 1.807) is 12.1 Å². The van der Waals surface area contributed by atoms with Gasteiger partial charge in [0.05, 0.1) is 21.0 Å². The summed E-state index contributed by atoms with van der Waals surface area (Å²) in [6, 6.07) is 11.0. The lowest BCUT2D eigenvalue weighted by Crippen LogP contribution is -1.89. The van der Waals surface area contributed by atoms with Crippen molar-refractivity contribution < 1.29 is 10.0 Å². The van der Waals surface area contributed by atoms with E-state index in [9.17, 15) is 20.5 Å². The Kier molecular flexibility index (Phi) is 4.96. The van der Waals surface area contributed by atoms with E-state index < -0.39 is 4.92 Å². The molecule has 22 heavy (non-hydrogen) atoms. The first-order valence-corrected chi connectivity index (χ1v) is 7.55. The number of hydrogen-bond donors (Lipinski definition) is 1. The van der Waals surface area contributed by atoms with Gasteiger partial charge in [0.1, 0.15) is 5.75 Å². The third kappa shape index (κ3) is 3.53. The van der Waals surface area contributed by atoms with E-state index in [1.807, 2.05) is 6.07 Å². The number of phenols is 1. The third-order valence-electron chi connectivity index (χ3n) is 2.87. The zero-order valence-electron chi connectivity index (χ0n) is 11.0. The van der Waals surface area contributed by atoms with Gasteiger partial charge in [-0.15, -0.1) is 0 Å². The molecule has 0 fully saturated rings. The van der Waals surface area contributed by atoms with Crippen LogP contribution in [-0.2, 0) is 0 Å². The molecule has 0 spiro atoms. The van der Waals surface area contributed by atoms with Crippen molar-refractivity contribution in [1.29, 1.82) is 5.26 Å². The average Bonchev–Trinajstić information content (AvgIpc) is 2.49. The van der Waals surface area contributed by atoms with E-state index in [0.717, 1.165) is 4.47 Å². The molecule has 0 aliphatic carbocycles. The number of halogens is 2. The van der Waals surface area contributed by atoms with E-state index in [-0.39, 0.29) is 17.0 Å². The molecule has 0 saturated carbocycles. The summed E-state index contributed by atoms with van der Waals surface area (Å²) < 4.78 is 1.23. The lowest BCUT2D eigenvalue weighted by Gasteiger charge is -2.05. The highest BCUT2D eigenvalue weighted by Crippen LogP contribution is 2.34. The highest BCUT2D eigenvalue weighted by molar-refractivity contribution is 9.11. The van der Waals surface area contributed by atoms with Gasteiger partial charge in [-0.1, -0.05) is 15.9 Å². The van der Waals surface area contributed by atoms with Crippen LogP contribution < -0.4 is 0 Å². The van der Waals surface area contributed by atoms with Gasteiger partial charge in [-0.2, -0.15) is 5.26 Å². The molecule has 0 heterocycles. The molecule has 110 valence electrons. The van der Waals surface area contributed by atoms with Gasteiger partial charge in [0, 0.05) is 22.2 Å². The SMILES string of the molecule is N#C/C(=C\c1cc(Br)cc(Br)c1O)c1ccc([N+](=O)[O-])cc1. The van der Waals surface area contributed by atoms with Crippen molar-refractivity contribution in [2.45, 2.75) is 0 Å². The van der Waals surface area contributed by atoms with Gasteiger partial charge in [0.25, 0.3) is 5.69 Å². The number of nitrogens with zero attached hydrogens (tertiary/aromatic N) is 2. The second-order valence-electron chi connectivity index (χ2n) is 4.30. The lowest BCUT2D eigenvalue weighted by atomic mass is 10.0. The summed E-state index contributed by atoms with van der Waals surface area (Å²) >= 11 is 6.54. The maximum atomic E-state index is 10.6. The molecular formula is C15H8Br2N2O3. The molecule has 0 aromatic heterocycles. The molecule has 5 nitrogen and oxygen atoms in total. The van der Waals surface area contributed by atoms with Crippen LogP contribution in [0.15, 0.2) is 45.3 Å². The van der Waals surface area contributed by atoms with Crippen LogP contribution in [0.5, 0.6) is 5.75 Å². The number of rotatable bonds is 3. The molecule has 7 heteroatoms. The van der Waals surface area contributed by atoms with E-state index >= 15 is 0 Å². The molecule has 0 radical (unpaired) electrons. The smallest absolute Gasteiger partial charge is 0.269 e. The van der Waals surface area contributed by atoms with E-state index in [1.165, 1.54) is 30.3 Å². The zero-order valence-corrected chi connectivity index (χ0v) is 14.1. The number of benzene rings is 2. The zero-order chi connectivity index (χ0) is 16.3. The molecule has 2 rings (SSSR count). The average molecular weight is 424 g/mol. The second-order valence-corrected chi connectivity index (χ2v) is 6.07. The summed E-state index contributed by atoms with van der Waals surface area (Å²) in [5, 5.41) is 30.0. The van der Waals surface area contributed by atoms with Gasteiger partial charge in [-0.3, -0.25) is 10.1 Å². The van der Waals surface area contributed by atoms with Crippen LogP contribution in [-0.4, -0.2) is 10.0 Å². The summed E-state index contributed by atoms with van der Waals surface area (Å²) in [4.78, 5) is 10.1. The van der Waals surface area contributed by atoms with Crippen LogP contribution in [0, 0.1) is 21.4 Å². The number of non-ortho nitro benzene ring substituents is 1. The molecular weight excluding hydrogens is 416 g/mol. The van der Waals surface area contributed by atoms with Gasteiger partial charge in [0.15, 0.2) is 0 Å². The maximum Gasteiger partial charge on any atom is 0.269 e. The van der Waals surface area contributed by atoms with Crippen molar-refractivity contribution in [3.8, 4) is 11.8 Å². The van der Waals surface area contributed by atoms with Crippen LogP contribution in [0.4, 0.5) is 5.69 Å². The topological polar surface area (TPSA) is 87.2 Å². The molecule has 0 aliphatic heterocycles. The van der Waals surface area contributed by atoms with Gasteiger partial charge in [-0.05, 0) is 51.8 Å². The molecule has 0 saturated heterocycles. The minimum atomic E-state index is -0.503. The number of phenolic OH excluding ortho intramolecular Hbond substituents is 1. The Balaban J connectivity index is 2.48. The molecule has 2 aromatic rings. The summed E-state index contributed by atoms with van der Waals surface area (Å²) in [7, 11) is 0. The first-order chi connectivity index (χ1) is 10.4. The number of hydrogen-bond acceptors (Lipinski definition) is 4. The molecule has 0 aliphatic rings. The summed E-state index contributed by atoms with van der Waals surface area (Å²) in [5.41, 5.74) is 1.23. The Bertz CT molecular complexity index is 809. The van der Waals surface area contributed by atoms with Gasteiger partial charge in [-0.25, -0.2) is 0 Å². The Morgan fingerprint density at radius 3 is 2.45 bits per heavy atom. The lowest BCUT2D eigenvalue weighted by molar-refractivity contribution is -0.384. The molecule has 0 unspecified atom stereocenters. The van der Waals surface area contributed by atoms with Crippen LogP contribution in [0.3, 0.4) is 0 Å². The Labute approximate surface area is 142 Å². The van der Waals surface area contributed by atoms with Gasteiger partial charge < -0.3 is 5.11 Å². The molecule has 0 amide bonds. The summed E-state index contributed by atoms with van der Waals surface area (Å²) in [5.74, 6) is 0.0119. The molecule has 0 atom stereocenters. The maximum absolute atomic E-state index is 10.6. The first kappa shape index (κ1) is 16.2. The van der Waals surface area contributed by atoms with E-state index in [0.29, 0.717) is 15.6 Å². The number of nitro groups is 1. The quantitative estimate of drug-likeness (QED) is 0.329. The van der Waals surface area contributed by atoms with Crippen molar-refractivity contribution in [3.05, 3.63) is 66.6 Å². The highest BCUT2D eigenvalue weighted by atomic mass is 79.9. The van der Waals surface area contributed by atoms with Crippen molar-refractivity contribution in [2.24, 2.45) is 0 Å². The number of aromatic hydroxyl groups is 1. The van der Waals surface area contributed by atoms with Crippen LogP contribution in [0.1, 0.15) is 11.1 Å². The summed E-state index contributed by atoms with van der Waals surface area (Å²) in [6.45, 7) is 0. The molecule has 2 aromatic carbocycles. The van der Waals surface area contributed by atoms with Crippen molar-refractivity contribution in [3.63, 3.8) is 0 Å². The Morgan fingerprint density at radius 2 is 1.91 bits per heavy atom. The summed E-state index contributed by atoms with van der Waals surface area (Å²) in [6.07, 6.45) is 1.52. The second kappa shape index (κ2) is 6.73. The minimum absolute atomic E-state index is 0.0119. The normalized spacial score (nSPS) is 11.0. The van der Waals surface area contributed by atoms with Gasteiger partial charge in [0.2, 0.25) is 0 Å². The van der Waals surface area contributed by atoms with E-state index in [2.05, 4.69) is 31.9 Å². The standard InChI is InChI=1S/C15H8Br2N2O3/c16-12-6-10(15(20)14(17)7-12)5-11(8-18)9-1-3-13(4-2-9)19(21)22/h1-7,20H/b11-5+. The van der Waals surface area contributed by atoms with Crippen LogP contribution in [0.25, 0.3) is 11.6 Å². The van der Waals surface area contributed by atoms with Gasteiger partial charge >= 0.3 is 0 Å². The Hall–Kier alpha value is -2.17. The monoisotopic (exact) mass is 422 g/mol. The third-order valence-corrected chi connectivity index (χ3v) is 3.93. The number of allylic oxidation sites excluding steroid dienone is 1. The Morgan fingerprint density at radius 1 is 1.27 bits per heavy atom. The van der Waals surface area contributed by atoms with Crippen molar-refractivity contribution >= 4 is 49.2 Å². The fourth-order valence-electron chi connectivity index (χ4n) is 1.79. The predicted octanol–water partition coefficient (Wildman–Crippen LogP) is 4.89. The van der Waals surface area contributed by atoms with Crippen LogP contribution >= 0.6 is 31.9 Å². The van der Waals surface area contributed by atoms with Crippen molar-refractivity contribution in [1.82, 2.24) is 0 Å². The van der Waals surface area contributed by atoms with Crippen LogP contribution in [0.2, 0.25) is 0 Å². The molecule has 1 N–H and O–H groups in total. The highest BCUT2D eigenvalue weighted by Gasteiger charge is 2.10. The molecule has 0 bridgehead atoms. The fourth-order valence-corrected chi connectivity index (χ4v) is 3.05. The van der Waals surface area contributed by atoms with Crippen molar-refractivity contribution in [2.75, 3.05) is 0 Å².